The molecule has 2 amide bonds. The smallest absolute Gasteiger partial charge is 0.319 e. The first kappa shape index (κ1) is 16.1. The highest BCUT2D eigenvalue weighted by Crippen LogP contribution is 2.40. The average Bonchev–Trinajstić information content (AvgIpc) is 2.59. The van der Waals surface area contributed by atoms with Crippen LogP contribution in [0.1, 0.15) is 19.3 Å². The molecule has 2 atom stereocenters. The van der Waals surface area contributed by atoms with Crippen molar-refractivity contribution in [3.8, 4) is 5.88 Å². The second-order valence-electron chi connectivity index (χ2n) is 6.67. The first-order valence-corrected chi connectivity index (χ1v) is 8.22. The first-order chi connectivity index (χ1) is 11.1. The van der Waals surface area contributed by atoms with Crippen LogP contribution in [0.3, 0.4) is 0 Å². The highest BCUT2D eigenvalue weighted by atomic mass is 16.5. The Morgan fingerprint density at radius 1 is 1.52 bits per heavy atom. The normalized spacial score (nSPS) is 27.2. The minimum absolute atomic E-state index is 0.0613. The minimum atomic E-state index is -0.139. The van der Waals surface area contributed by atoms with Gasteiger partial charge in [0.15, 0.2) is 0 Å². The molecule has 3 heterocycles. The third-order valence-corrected chi connectivity index (χ3v) is 4.79. The number of nitrogens with zero attached hydrogens (tertiary/aromatic N) is 3. The number of amides is 2. The van der Waals surface area contributed by atoms with Gasteiger partial charge >= 0.3 is 6.03 Å². The monoisotopic (exact) mass is 319 g/mol. The number of rotatable bonds is 3. The molecule has 0 radical (unpaired) electrons. The van der Waals surface area contributed by atoms with Gasteiger partial charge in [-0.15, -0.1) is 0 Å². The molecule has 2 aliphatic heterocycles. The third-order valence-electron chi connectivity index (χ3n) is 4.79. The number of aromatic nitrogens is 1. The summed E-state index contributed by atoms with van der Waals surface area (Å²) in [4.78, 5) is 20.1. The van der Waals surface area contributed by atoms with Gasteiger partial charge in [0, 0.05) is 51.5 Å². The molecule has 2 fully saturated rings. The summed E-state index contributed by atoms with van der Waals surface area (Å²) in [6.45, 7) is 2.76. The largest absolute Gasteiger partial charge is 0.477 e. The van der Waals surface area contributed by atoms with Crippen LogP contribution in [0.4, 0.5) is 4.79 Å². The van der Waals surface area contributed by atoms with E-state index >= 15 is 0 Å². The van der Waals surface area contributed by atoms with Crippen molar-refractivity contribution in [2.45, 2.75) is 25.4 Å². The minimum Gasteiger partial charge on any atom is -0.477 e. The Kier molecular flexibility index (Phi) is 4.71. The Morgan fingerprint density at radius 2 is 2.39 bits per heavy atom. The van der Waals surface area contributed by atoms with Gasteiger partial charge in [-0.25, -0.2) is 9.78 Å². The topological polar surface area (TPSA) is 54.9 Å². The summed E-state index contributed by atoms with van der Waals surface area (Å²) < 4.78 is 12.0. The Balaban J connectivity index is 1.74. The zero-order valence-corrected chi connectivity index (χ0v) is 13.9. The van der Waals surface area contributed by atoms with Crippen molar-refractivity contribution in [2.24, 2.45) is 5.41 Å². The van der Waals surface area contributed by atoms with E-state index in [1.165, 1.54) is 0 Å². The molecular formula is C17H25N3O3. The lowest BCUT2D eigenvalue weighted by atomic mass is 9.73. The number of urea groups is 1. The van der Waals surface area contributed by atoms with E-state index in [0.717, 1.165) is 32.4 Å². The van der Waals surface area contributed by atoms with Gasteiger partial charge in [0.25, 0.3) is 0 Å². The van der Waals surface area contributed by atoms with Gasteiger partial charge in [0.05, 0.1) is 12.7 Å². The molecule has 1 aromatic rings. The summed E-state index contributed by atoms with van der Waals surface area (Å²) >= 11 is 0. The van der Waals surface area contributed by atoms with E-state index in [9.17, 15) is 4.79 Å². The Labute approximate surface area is 137 Å². The number of likely N-dealkylation sites (tertiary alicyclic amines) is 1. The zero-order valence-electron chi connectivity index (χ0n) is 13.9. The standard InChI is InChI=1S/C17H25N3O3/c1-19(2)16(21)20-10-7-14-17(12-20,8-5-11-22-14)13-23-15-6-3-4-9-18-15/h3-4,6,9,14H,5,7-8,10-13H2,1-2H3/t14-,17-/m1/s1. The van der Waals surface area contributed by atoms with Crippen LogP contribution >= 0.6 is 0 Å². The van der Waals surface area contributed by atoms with Crippen molar-refractivity contribution in [3.05, 3.63) is 24.4 Å². The number of carbonyl (C=O) groups excluding carboxylic acids is 1. The Hall–Kier alpha value is -1.82. The van der Waals surface area contributed by atoms with Gasteiger partial charge in [-0.1, -0.05) is 6.07 Å². The molecule has 0 N–H and O–H groups in total. The van der Waals surface area contributed by atoms with Gasteiger partial charge in [0.1, 0.15) is 0 Å². The van der Waals surface area contributed by atoms with Crippen molar-refractivity contribution in [1.82, 2.24) is 14.8 Å². The summed E-state index contributed by atoms with van der Waals surface area (Å²) in [5.41, 5.74) is -0.139. The SMILES string of the molecule is CN(C)C(=O)N1CC[C@H]2OCCC[C@]2(COc2ccccn2)C1. The van der Waals surface area contributed by atoms with Crippen LogP contribution in [0.5, 0.6) is 5.88 Å². The third kappa shape index (κ3) is 3.42. The predicted molar refractivity (Wildman–Crippen MR) is 86.4 cm³/mol. The Bertz CT molecular complexity index is 537. The molecule has 0 bridgehead atoms. The second kappa shape index (κ2) is 6.74. The second-order valence-corrected chi connectivity index (χ2v) is 6.67. The molecule has 126 valence electrons. The molecular weight excluding hydrogens is 294 g/mol. The van der Waals surface area contributed by atoms with Crippen molar-refractivity contribution in [3.63, 3.8) is 0 Å². The summed E-state index contributed by atoms with van der Waals surface area (Å²) in [5, 5.41) is 0. The Morgan fingerprint density at radius 3 is 3.13 bits per heavy atom. The lowest BCUT2D eigenvalue weighted by Crippen LogP contribution is -2.59. The number of piperidine rings is 1. The molecule has 2 aliphatic rings. The number of ether oxygens (including phenoxy) is 2. The molecule has 1 aromatic heterocycles. The highest BCUT2D eigenvalue weighted by Gasteiger charge is 2.48. The fraction of sp³-hybridized carbons (Fsp3) is 0.647. The molecule has 2 saturated heterocycles. The van der Waals surface area contributed by atoms with E-state index in [0.29, 0.717) is 19.0 Å². The molecule has 3 rings (SSSR count). The zero-order chi connectivity index (χ0) is 16.3. The molecule has 6 nitrogen and oxygen atoms in total. The van der Waals surface area contributed by atoms with Crippen LogP contribution in [0.15, 0.2) is 24.4 Å². The number of hydrogen-bond acceptors (Lipinski definition) is 4. The van der Waals surface area contributed by atoms with E-state index < -0.39 is 0 Å². The summed E-state index contributed by atoms with van der Waals surface area (Å²) in [6.07, 6.45) is 4.77. The predicted octanol–water partition coefficient (Wildman–Crippen LogP) is 2.01. The van der Waals surface area contributed by atoms with Crippen LogP contribution in [-0.4, -0.2) is 67.3 Å². The number of hydrogen-bond donors (Lipinski definition) is 0. The quantitative estimate of drug-likeness (QED) is 0.855. The van der Waals surface area contributed by atoms with E-state index in [1.807, 2.05) is 23.1 Å². The molecule has 0 unspecified atom stereocenters. The van der Waals surface area contributed by atoms with Crippen LogP contribution in [0.2, 0.25) is 0 Å². The van der Waals surface area contributed by atoms with Crippen molar-refractivity contribution in [2.75, 3.05) is 40.4 Å². The summed E-state index contributed by atoms with van der Waals surface area (Å²) in [7, 11) is 3.59. The van der Waals surface area contributed by atoms with E-state index in [1.54, 1.807) is 25.2 Å². The molecule has 0 aliphatic carbocycles. The maximum Gasteiger partial charge on any atom is 0.319 e. The molecule has 23 heavy (non-hydrogen) atoms. The van der Waals surface area contributed by atoms with Gasteiger partial charge in [-0.05, 0) is 25.3 Å². The van der Waals surface area contributed by atoms with Gasteiger partial charge in [-0.2, -0.15) is 0 Å². The van der Waals surface area contributed by atoms with Crippen LogP contribution < -0.4 is 4.74 Å². The summed E-state index contributed by atoms with van der Waals surface area (Å²) in [5.74, 6) is 0.627. The molecule has 0 saturated carbocycles. The van der Waals surface area contributed by atoms with Gasteiger partial charge in [-0.3, -0.25) is 0 Å². The maximum absolute atomic E-state index is 12.3. The number of pyridine rings is 1. The fourth-order valence-corrected chi connectivity index (χ4v) is 3.60. The molecule has 0 aromatic carbocycles. The number of fused-ring (bicyclic) bond motifs is 1. The van der Waals surface area contributed by atoms with Crippen molar-refractivity contribution >= 4 is 6.03 Å². The van der Waals surface area contributed by atoms with Crippen LogP contribution in [0.25, 0.3) is 0 Å². The van der Waals surface area contributed by atoms with E-state index in [2.05, 4.69) is 4.98 Å². The lowest BCUT2D eigenvalue weighted by molar-refractivity contribution is -0.133. The van der Waals surface area contributed by atoms with Crippen LogP contribution in [-0.2, 0) is 4.74 Å². The van der Waals surface area contributed by atoms with E-state index in [-0.39, 0.29) is 17.6 Å². The lowest BCUT2D eigenvalue weighted by Gasteiger charge is -2.50. The fourth-order valence-electron chi connectivity index (χ4n) is 3.60. The first-order valence-electron chi connectivity index (χ1n) is 8.22. The molecule has 6 heteroatoms. The summed E-state index contributed by atoms with van der Waals surface area (Å²) in [6, 6.07) is 5.71. The molecule has 0 spiro atoms. The average molecular weight is 319 g/mol. The van der Waals surface area contributed by atoms with Gasteiger partial charge in [0.2, 0.25) is 5.88 Å². The van der Waals surface area contributed by atoms with E-state index in [4.69, 9.17) is 9.47 Å². The van der Waals surface area contributed by atoms with Gasteiger partial charge < -0.3 is 19.3 Å². The van der Waals surface area contributed by atoms with Crippen molar-refractivity contribution < 1.29 is 14.3 Å². The van der Waals surface area contributed by atoms with Crippen molar-refractivity contribution in [1.29, 1.82) is 0 Å². The van der Waals surface area contributed by atoms with Crippen LogP contribution in [0, 0.1) is 5.41 Å². The highest BCUT2D eigenvalue weighted by molar-refractivity contribution is 5.74. The maximum atomic E-state index is 12.3. The number of carbonyl (C=O) groups is 1.